The van der Waals surface area contributed by atoms with Crippen LogP contribution >= 0.6 is 27.5 Å². The number of nitrogens with zero attached hydrogens (tertiary/aromatic N) is 3. The molecule has 0 saturated heterocycles. The van der Waals surface area contributed by atoms with Gasteiger partial charge in [-0.3, -0.25) is 5.84 Å². The Balaban J connectivity index is 2.52. The minimum atomic E-state index is -0.225. The second-order valence-corrected chi connectivity index (χ2v) is 5.24. The van der Waals surface area contributed by atoms with Gasteiger partial charge in [0.25, 0.3) is 0 Å². The predicted octanol–water partition coefficient (Wildman–Crippen LogP) is 2.09. The molecule has 0 amide bonds. The molecule has 7 heteroatoms. The summed E-state index contributed by atoms with van der Waals surface area (Å²) in [5, 5.41) is 8.58. The minimum Gasteiger partial charge on any atom is -0.271 e. The molecule has 1 heterocycles. The van der Waals surface area contributed by atoms with Gasteiger partial charge in [-0.1, -0.05) is 22.9 Å². The highest BCUT2D eigenvalue weighted by Gasteiger charge is 2.21. The molecule has 5 nitrogen and oxygen atoms in total. The van der Waals surface area contributed by atoms with E-state index in [9.17, 15) is 0 Å². The number of halogens is 2. The second kappa shape index (κ2) is 5.36. The molecule has 1 unspecified atom stereocenters. The van der Waals surface area contributed by atoms with Gasteiger partial charge in [-0.25, -0.2) is 10.1 Å². The van der Waals surface area contributed by atoms with Crippen molar-refractivity contribution in [1.82, 2.24) is 20.4 Å². The van der Waals surface area contributed by atoms with E-state index in [2.05, 4.69) is 31.7 Å². The normalized spacial score (nSPS) is 12.7. The topological polar surface area (TPSA) is 68.8 Å². The first kappa shape index (κ1) is 13.5. The fourth-order valence-electron chi connectivity index (χ4n) is 1.91. The summed E-state index contributed by atoms with van der Waals surface area (Å²) >= 11 is 9.44. The van der Waals surface area contributed by atoms with Gasteiger partial charge in [0.2, 0.25) is 0 Å². The van der Waals surface area contributed by atoms with Crippen LogP contribution in [0.15, 0.2) is 22.8 Å². The van der Waals surface area contributed by atoms with Crippen molar-refractivity contribution in [3.05, 3.63) is 44.6 Å². The van der Waals surface area contributed by atoms with Crippen LogP contribution in [0, 0.1) is 6.92 Å². The Hall–Kier alpha value is -0.950. The summed E-state index contributed by atoms with van der Waals surface area (Å²) in [6, 6.07) is 5.57. The molecule has 3 N–H and O–H groups in total. The molecular formula is C11H13BrClN5. The number of aryl methyl sites for hydroxylation is 2. The Morgan fingerprint density at radius 1 is 1.44 bits per heavy atom. The van der Waals surface area contributed by atoms with E-state index in [-0.39, 0.29) is 6.04 Å². The summed E-state index contributed by atoms with van der Waals surface area (Å²) in [5.41, 5.74) is 5.65. The van der Waals surface area contributed by atoms with Gasteiger partial charge < -0.3 is 0 Å². The monoisotopic (exact) mass is 329 g/mol. The molecule has 2 aromatic rings. The van der Waals surface area contributed by atoms with Crippen LogP contribution in [-0.4, -0.2) is 15.0 Å². The van der Waals surface area contributed by atoms with Crippen molar-refractivity contribution >= 4 is 27.5 Å². The fourth-order valence-corrected chi connectivity index (χ4v) is 2.76. The Morgan fingerprint density at radius 2 is 2.17 bits per heavy atom. The number of aromatic nitrogens is 3. The van der Waals surface area contributed by atoms with E-state index < -0.39 is 0 Å². The zero-order valence-corrected chi connectivity index (χ0v) is 12.3. The van der Waals surface area contributed by atoms with Gasteiger partial charge in [-0.05, 0) is 46.1 Å². The third-order valence-electron chi connectivity index (χ3n) is 2.66. The van der Waals surface area contributed by atoms with Crippen LogP contribution in [0.5, 0.6) is 0 Å². The van der Waals surface area contributed by atoms with Crippen LogP contribution in [0.3, 0.4) is 0 Å². The summed E-state index contributed by atoms with van der Waals surface area (Å²) in [4.78, 5) is 0. The number of nitrogens with two attached hydrogens (primary N) is 1. The van der Waals surface area contributed by atoms with Gasteiger partial charge in [-0.2, -0.15) is 0 Å². The first-order valence-electron chi connectivity index (χ1n) is 5.31. The molecular weight excluding hydrogens is 318 g/mol. The molecule has 0 aliphatic rings. The fraction of sp³-hybridized carbons (Fsp3) is 0.273. The average Bonchev–Trinajstić information content (AvgIpc) is 2.61. The molecule has 1 aromatic heterocycles. The SMILES string of the molecule is Cc1cc(Cl)cc(C(NN)c2c(Br)nnn2C)c1. The lowest BCUT2D eigenvalue weighted by atomic mass is 10.0. The highest BCUT2D eigenvalue weighted by molar-refractivity contribution is 9.10. The van der Waals surface area contributed by atoms with Gasteiger partial charge in [0.15, 0.2) is 4.60 Å². The van der Waals surface area contributed by atoms with E-state index in [1.165, 1.54) is 0 Å². The van der Waals surface area contributed by atoms with Gasteiger partial charge >= 0.3 is 0 Å². The Morgan fingerprint density at radius 3 is 2.67 bits per heavy atom. The summed E-state index contributed by atoms with van der Waals surface area (Å²) in [5.74, 6) is 5.65. The van der Waals surface area contributed by atoms with Crippen molar-refractivity contribution in [3.8, 4) is 0 Å². The third kappa shape index (κ3) is 2.56. The number of hydrogen-bond acceptors (Lipinski definition) is 4. The number of nitrogens with one attached hydrogen (secondary N) is 1. The number of hydrazine groups is 1. The van der Waals surface area contributed by atoms with E-state index in [4.69, 9.17) is 17.4 Å². The third-order valence-corrected chi connectivity index (χ3v) is 3.45. The van der Waals surface area contributed by atoms with E-state index in [0.29, 0.717) is 9.63 Å². The Bertz CT molecular complexity index is 529. The lowest BCUT2D eigenvalue weighted by molar-refractivity contribution is 0.569. The molecule has 0 aliphatic heterocycles. The maximum atomic E-state index is 6.07. The molecule has 0 aliphatic carbocycles. The van der Waals surface area contributed by atoms with Crippen LogP contribution in [0.1, 0.15) is 22.9 Å². The van der Waals surface area contributed by atoms with Crippen LogP contribution < -0.4 is 11.3 Å². The van der Waals surface area contributed by atoms with Gasteiger partial charge in [0, 0.05) is 12.1 Å². The molecule has 18 heavy (non-hydrogen) atoms. The molecule has 1 atom stereocenters. The average molecular weight is 331 g/mol. The summed E-state index contributed by atoms with van der Waals surface area (Å²) in [7, 11) is 1.81. The Kier molecular flexibility index (Phi) is 4.01. The molecule has 96 valence electrons. The van der Waals surface area contributed by atoms with Crippen molar-refractivity contribution in [2.24, 2.45) is 12.9 Å². The van der Waals surface area contributed by atoms with Crippen LogP contribution in [0.25, 0.3) is 0 Å². The molecule has 0 bridgehead atoms. The predicted molar refractivity (Wildman–Crippen MR) is 74.1 cm³/mol. The smallest absolute Gasteiger partial charge is 0.153 e. The first-order valence-corrected chi connectivity index (χ1v) is 6.48. The molecule has 1 aromatic carbocycles. The summed E-state index contributed by atoms with van der Waals surface area (Å²) in [6.07, 6.45) is 0. The van der Waals surface area contributed by atoms with Crippen molar-refractivity contribution in [2.75, 3.05) is 0 Å². The standard InChI is InChI=1S/C11H13BrClN5/c1-6-3-7(5-8(13)4-6)9(15-14)10-11(12)16-17-18(10)2/h3-5,9,15H,14H2,1-2H3. The zero-order chi connectivity index (χ0) is 13.3. The minimum absolute atomic E-state index is 0.225. The second-order valence-electron chi connectivity index (χ2n) is 4.05. The maximum absolute atomic E-state index is 6.07. The number of benzene rings is 1. The lowest BCUT2D eigenvalue weighted by Crippen LogP contribution is -2.30. The first-order chi connectivity index (χ1) is 8.52. The number of hydrogen-bond donors (Lipinski definition) is 2. The highest BCUT2D eigenvalue weighted by atomic mass is 79.9. The Labute approximate surface area is 118 Å². The highest BCUT2D eigenvalue weighted by Crippen LogP contribution is 2.28. The largest absolute Gasteiger partial charge is 0.271 e. The van der Waals surface area contributed by atoms with Crippen LogP contribution in [0.2, 0.25) is 5.02 Å². The molecule has 0 fully saturated rings. The van der Waals surface area contributed by atoms with Crippen molar-refractivity contribution < 1.29 is 0 Å². The van der Waals surface area contributed by atoms with Gasteiger partial charge in [0.05, 0.1) is 11.7 Å². The summed E-state index contributed by atoms with van der Waals surface area (Å²) in [6.45, 7) is 1.99. The molecule has 0 spiro atoms. The zero-order valence-electron chi connectivity index (χ0n) is 9.98. The van der Waals surface area contributed by atoms with Crippen molar-refractivity contribution in [1.29, 1.82) is 0 Å². The lowest BCUT2D eigenvalue weighted by Gasteiger charge is -2.17. The van der Waals surface area contributed by atoms with Crippen molar-refractivity contribution in [2.45, 2.75) is 13.0 Å². The summed E-state index contributed by atoms with van der Waals surface area (Å²) < 4.78 is 2.33. The quantitative estimate of drug-likeness (QED) is 0.668. The molecule has 2 rings (SSSR count). The molecule has 0 radical (unpaired) electrons. The van der Waals surface area contributed by atoms with E-state index in [1.54, 1.807) is 4.68 Å². The van der Waals surface area contributed by atoms with Crippen LogP contribution in [0.4, 0.5) is 0 Å². The van der Waals surface area contributed by atoms with Crippen LogP contribution in [-0.2, 0) is 7.05 Å². The maximum Gasteiger partial charge on any atom is 0.153 e. The van der Waals surface area contributed by atoms with E-state index in [0.717, 1.165) is 16.8 Å². The van der Waals surface area contributed by atoms with E-state index in [1.807, 2.05) is 32.2 Å². The van der Waals surface area contributed by atoms with Gasteiger partial charge in [0.1, 0.15) is 0 Å². The molecule has 0 saturated carbocycles. The van der Waals surface area contributed by atoms with Crippen molar-refractivity contribution in [3.63, 3.8) is 0 Å². The number of rotatable bonds is 3. The van der Waals surface area contributed by atoms with Gasteiger partial charge in [-0.15, -0.1) is 5.10 Å². The van der Waals surface area contributed by atoms with E-state index >= 15 is 0 Å².